The smallest absolute Gasteiger partial charge is 0.214 e. The molecule has 2 rings (SSSR count). The lowest BCUT2D eigenvalue weighted by Gasteiger charge is -2.27. The number of carbonyl (C=O) groups excluding carboxylic acids is 1. The second-order valence-electron chi connectivity index (χ2n) is 9.87. The normalized spacial score (nSPS) is 14.3. The van der Waals surface area contributed by atoms with E-state index in [4.69, 9.17) is 5.84 Å². The molecular weight excluding hydrogens is 434 g/mol. The first-order valence-electron chi connectivity index (χ1n) is 11.5. The Balaban J connectivity index is 0.00000142. The minimum Gasteiger partial charge on any atom is -0.380 e. The summed E-state index contributed by atoms with van der Waals surface area (Å²) >= 11 is 0. The Bertz CT molecular complexity index is 1090. The van der Waals surface area contributed by atoms with Gasteiger partial charge in [-0.05, 0) is 65.7 Å². The van der Waals surface area contributed by atoms with Crippen molar-refractivity contribution in [1.82, 2.24) is 10.3 Å². The van der Waals surface area contributed by atoms with Gasteiger partial charge in [-0.3, -0.25) is 9.80 Å². The van der Waals surface area contributed by atoms with Crippen molar-refractivity contribution < 1.29 is 4.79 Å². The van der Waals surface area contributed by atoms with Gasteiger partial charge in [-0.2, -0.15) is 0 Å². The van der Waals surface area contributed by atoms with Crippen molar-refractivity contribution in [2.24, 2.45) is 22.0 Å². The molecular formula is C29H41N5O. The number of aryl methyl sites for hydroxylation is 1. The maximum Gasteiger partial charge on any atom is 0.214 e. The van der Waals surface area contributed by atoms with E-state index in [1.165, 1.54) is 34.2 Å². The van der Waals surface area contributed by atoms with E-state index in [9.17, 15) is 4.79 Å². The molecule has 0 unspecified atom stereocenters. The quantitative estimate of drug-likeness (QED) is 0.423. The van der Waals surface area contributed by atoms with Gasteiger partial charge in [-0.1, -0.05) is 71.4 Å². The van der Waals surface area contributed by atoms with E-state index in [0.717, 1.165) is 29.1 Å². The Labute approximate surface area is 211 Å². The van der Waals surface area contributed by atoms with Crippen molar-refractivity contribution in [3.05, 3.63) is 102 Å². The highest BCUT2D eigenvalue weighted by molar-refractivity contribution is 6.09. The minimum absolute atomic E-state index is 0.219. The lowest BCUT2D eigenvalue weighted by Crippen LogP contribution is -2.34. The van der Waals surface area contributed by atoms with Crippen molar-refractivity contribution >= 4 is 17.2 Å². The molecule has 0 saturated heterocycles. The van der Waals surface area contributed by atoms with Crippen LogP contribution in [0.2, 0.25) is 0 Å². The number of nitrogens with two attached hydrogens (primary N) is 2. The Hall–Kier alpha value is -3.64. The summed E-state index contributed by atoms with van der Waals surface area (Å²) in [6, 6.07) is 6.50. The number of allylic oxidation sites excluding steroid dienone is 5. The van der Waals surface area contributed by atoms with Crippen LogP contribution in [0.3, 0.4) is 0 Å². The second-order valence-corrected chi connectivity index (χ2v) is 9.87. The van der Waals surface area contributed by atoms with Crippen LogP contribution in [0.1, 0.15) is 57.7 Å². The van der Waals surface area contributed by atoms with Gasteiger partial charge in [0.1, 0.15) is 5.82 Å². The van der Waals surface area contributed by atoms with Gasteiger partial charge in [-0.15, -0.1) is 0 Å². The Morgan fingerprint density at radius 3 is 2.29 bits per heavy atom. The number of hydrazine groups is 1. The Kier molecular flexibility index (Phi) is 10.7. The zero-order valence-electron chi connectivity index (χ0n) is 22.2. The minimum atomic E-state index is -0.333. The predicted octanol–water partition coefficient (Wildman–Crippen LogP) is 5.66. The van der Waals surface area contributed by atoms with Crippen LogP contribution in [0.5, 0.6) is 0 Å². The number of rotatable bonds is 8. The van der Waals surface area contributed by atoms with E-state index >= 15 is 0 Å². The predicted molar refractivity (Wildman–Crippen MR) is 150 cm³/mol. The van der Waals surface area contributed by atoms with Crippen LogP contribution in [0.25, 0.3) is 5.57 Å². The zero-order valence-corrected chi connectivity index (χ0v) is 22.2. The topological polar surface area (TPSA) is 96.7 Å². The van der Waals surface area contributed by atoms with Crippen molar-refractivity contribution in [2.75, 3.05) is 0 Å². The third-order valence-electron chi connectivity index (χ3n) is 4.95. The van der Waals surface area contributed by atoms with Crippen LogP contribution in [-0.2, 0) is 11.3 Å². The van der Waals surface area contributed by atoms with Crippen LogP contribution >= 0.6 is 0 Å². The molecule has 0 spiro atoms. The highest BCUT2D eigenvalue weighted by Crippen LogP contribution is 2.31. The summed E-state index contributed by atoms with van der Waals surface area (Å²) in [5.74, 6) is 6.41. The molecule has 6 heteroatoms. The van der Waals surface area contributed by atoms with Crippen molar-refractivity contribution in [3.63, 3.8) is 0 Å². The van der Waals surface area contributed by atoms with Gasteiger partial charge < -0.3 is 11.1 Å². The molecule has 0 aliphatic carbocycles. The molecule has 0 fully saturated rings. The molecule has 0 bridgehead atoms. The molecule has 1 aliphatic rings. The fraction of sp³-hybridized carbons (Fsp3) is 0.310. The van der Waals surface area contributed by atoms with Crippen molar-refractivity contribution in [2.45, 2.75) is 54.5 Å². The molecule has 6 nitrogen and oxygen atoms in total. The van der Waals surface area contributed by atoms with Crippen LogP contribution in [0.15, 0.2) is 90.5 Å². The zero-order chi connectivity index (χ0) is 26.9. The standard InChI is InChI=1S/C27H36N4.C2H5NO/c1-10-11-26-30-24(15-25(18(2)3)31(26)28)21(6)29-17-22-12-13-23(19(4)14-22)20(5)16-27(7,8)9;1-2(3)4/h10-15,29H,1-2,5-6,16-17,28H2,3-4,7-9H3;1H3,(H2,3,4)/b26-11-;. The highest BCUT2D eigenvalue weighted by atomic mass is 16.1. The first-order chi connectivity index (χ1) is 16.2. The molecule has 0 atom stereocenters. The second kappa shape index (κ2) is 12.7. The molecule has 35 heavy (non-hydrogen) atoms. The summed E-state index contributed by atoms with van der Waals surface area (Å²) in [5, 5.41) is 4.89. The van der Waals surface area contributed by atoms with E-state index in [2.05, 4.69) is 88.3 Å². The lowest BCUT2D eigenvalue weighted by atomic mass is 9.84. The van der Waals surface area contributed by atoms with Crippen LogP contribution < -0.4 is 16.9 Å². The Morgan fingerprint density at radius 1 is 1.20 bits per heavy atom. The van der Waals surface area contributed by atoms with E-state index in [1.807, 2.05) is 13.0 Å². The molecule has 1 aromatic rings. The lowest BCUT2D eigenvalue weighted by molar-refractivity contribution is -0.115. The molecule has 1 heterocycles. The number of amides is 1. The first kappa shape index (κ1) is 29.4. The number of carbonyl (C=O) groups is 1. The summed E-state index contributed by atoms with van der Waals surface area (Å²) in [5.41, 5.74) is 12.6. The summed E-state index contributed by atoms with van der Waals surface area (Å²) in [6.45, 7) is 28.9. The number of hydrogen-bond donors (Lipinski definition) is 3. The third-order valence-corrected chi connectivity index (χ3v) is 4.95. The number of nitrogens with zero attached hydrogens (tertiary/aromatic N) is 2. The fourth-order valence-electron chi connectivity index (χ4n) is 3.51. The monoisotopic (exact) mass is 475 g/mol. The van der Waals surface area contributed by atoms with Gasteiger partial charge in [-0.25, -0.2) is 10.8 Å². The fourth-order valence-corrected chi connectivity index (χ4v) is 3.51. The maximum atomic E-state index is 9.22. The summed E-state index contributed by atoms with van der Waals surface area (Å²) in [6.07, 6.45) is 6.28. The first-order valence-corrected chi connectivity index (χ1v) is 11.5. The molecule has 1 aromatic carbocycles. The number of hydrogen-bond acceptors (Lipinski definition) is 5. The number of primary amides is 1. The van der Waals surface area contributed by atoms with Crippen LogP contribution in [0, 0.1) is 12.3 Å². The van der Waals surface area contributed by atoms with Gasteiger partial charge in [0.15, 0.2) is 0 Å². The molecule has 0 radical (unpaired) electrons. The van der Waals surface area contributed by atoms with E-state index in [1.54, 1.807) is 12.2 Å². The average Bonchev–Trinajstić information content (AvgIpc) is 2.71. The molecule has 1 aliphatic heterocycles. The molecule has 5 N–H and O–H groups in total. The number of aliphatic imine (C=N–C) groups is 1. The summed E-state index contributed by atoms with van der Waals surface area (Å²) < 4.78 is 0. The van der Waals surface area contributed by atoms with Crippen molar-refractivity contribution in [1.29, 1.82) is 0 Å². The number of benzene rings is 1. The van der Waals surface area contributed by atoms with Gasteiger partial charge in [0.25, 0.3) is 0 Å². The van der Waals surface area contributed by atoms with Crippen LogP contribution in [0.4, 0.5) is 0 Å². The van der Waals surface area contributed by atoms with E-state index < -0.39 is 0 Å². The summed E-state index contributed by atoms with van der Waals surface area (Å²) in [7, 11) is 0. The van der Waals surface area contributed by atoms with E-state index in [0.29, 0.717) is 12.4 Å². The largest absolute Gasteiger partial charge is 0.380 e. The van der Waals surface area contributed by atoms with Gasteiger partial charge in [0, 0.05) is 13.5 Å². The number of nitrogens with one attached hydrogen (secondary N) is 1. The van der Waals surface area contributed by atoms with E-state index in [-0.39, 0.29) is 11.3 Å². The van der Waals surface area contributed by atoms with Crippen molar-refractivity contribution in [3.8, 4) is 0 Å². The highest BCUT2D eigenvalue weighted by Gasteiger charge is 2.19. The molecule has 1 amide bonds. The van der Waals surface area contributed by atoms with Gasteiger partial charge in [0.05, 0.1) is 17.1 Å². The Morgan fingerprint density at radius 2 is 1.80 bits per heavy atom. The van der Waals surface area contributed by atoms with Gasteiger partial charge >= 0.3 is 0 Å². The third kappa shape index (κ3) is 9.63. The molecule has 0 saturated carbocycles. The SMILES string of the molecule is C=C/C=C1/N=C(C(=C)NCc2ccc(C(=C)CC(C)(C)C)c(C)c2)C=C(C(=C)C)N1N.CC(N)=O. The molecule has 188 valence electrons. The summed E-state index contributed by atoms with van der Waals surface area (Å²) in [4.78, 5) is 13.8. The average molecular weight is 476 g/mol. The molecule has 0 aromatic heterocycles. The van der Waals surface area contributed by atoms with Crippen LogP contribution in [-0.4, -0.2) is 16.6 Å². The maximum absolute atomic E-state index is 9.22. The van der Waals surface area contributed by atoms with Gasteiger partial charge in [0.2, 0.25) is 5.91 Å².